The molecule has 0 bridgehead atoms. The van der Waals surface area contributed by atoms with Crippen molar-refractivity contribution in [2.24, 2.45) is 0 Å². The highest BCUT2D eigenvalue weighted by atomic mass is 16.5. The molecule has 2 N–H and O–H groups in total. The molecule has 0 unspecified atom stereocenters. The average molecular weight is 279 g/mol. The van der Waals surface area contributed by atoms with Crippen LogP contribution in [0.5, 0.6) is 5.75 Å². The molecule has 0 saturated carbocycles. The predicted octanol–water partition coefficient (Wildman–Crippen LogP) is 3.47. The SMILES string of the molecule is C=C/C=C(\C)O.CC.CNC(=O)COc1ccccc1. The Morgan fingerprint density at radius 2 is 1.90 bits per heavy atom. The van der Waals surface area contributed by atoms with Gasteiger partial charge in [-0.25, -0.2) is 0 Å². The summed E-state index contributed by atoms with van der Waals surface area (Å²) in [6, 6.07) is 9.23. The van der Waals surface area contributed by atoms with Crippen LogP contribution in [0.25, 0.3) is 0 Å². The zero-order valence-corrected chi connectivity index (χ0v) is 12.7. The second-order valence-corrected chi connectivity index (χ2v) is 3.32. The van der Waals surface area contributed by atoms with Crippen molar-refractivity contribution in [3.05, 3.63) is 54.8 Å². The van der Waals surface area contributed by atoms with E-state index in [0.717, 1.165) is 0 Å². The van der Waals surface area contributed by atoms with Crippen molar-refractivity contribution in [2.75, 3.05) is 13.7 Å². The number of ether oxygens (including phenoxy) is 1. The standard InChI is InChI=1S/C9H11NO2.C5H8O.C2H6/c1-10-9(11)7-12-8-5-3-2-4-6-8;1-3-4-5(2)6;1-2/h2-6H,7H2,1H3,(H,10,11);3-4,6H,1H2,2H3;1-2H3/b;5-4+;. The van der Waals surface area contributed by atoms with Crippen LogP contribution < -0.4 is 10.1 Å². The molecule has 1 rings (SSSR count). The van der Waals surface area contributed by atoms with Gasteiger partial charge in [-0.3, -0.25) is 4.79 Å². The number of carbonyl (C=O) groups excluding carboxylic acids is 1. The van der Waals surface area contributed by atoms with E-state index in [1.165, 1.54) is 12.2 Å². The fourth-order valence-corrected chi connectivity index (χ4v) is 0.908. The molecule has 1 aromatic carbocycles. The maximum absolute atomic E-state index is 10.7. The van der Waals surface area contributed by atoms with E-state index in [-0.39, 0.29) is 12.5 Å². The first-order valence-electron chi connectivity index (χ1n) is 6.47. The van der Waals surface area contributed by atoms with Crippen LogP contribution in [0, 0.1) is 0 Å². The Bertz CT molecular complexity index is 382. The third kappa shape index (κ3) is 13.8. The first-order chi connectivity index (χ1) is 9.60. The van der Waals surface area contributed by atoms with Crippen molar-refractivity contribution in [3.63, 3.8) is 0 Å². The summed E-state index contributed by atoms with van der Waals surface area (Å²) in [6.45, 7) is 9.03. The Balaban J connectivity index is 0. The van der Waals surface area contributed by atoms with E-state index >= 15 is 0 Å². The molecule has 0 aliphatic carbocycles. The summed E-state index contributed by atoms with van der Waals surface area (Å²) >= 11 is 0. The number of para-hydroxylation sites is 1. The molecule has 112 valence electrons. The monoisotopic (exact) mass is 279 g/mol. The van der Waals surface area contributed by atoms with Crippen LogP contribution in [0.2, 0.25) is 0 Å². The molecule has 4 nitrogen and oxygen atoms in total. The van der Waals surface area contributed by atoms with E-state index in [4.69, 9.17) is 9.84 Å². The number of carbonyl (C=O) groups is 1. The molecule has 0 radical (unpaired) electrons. The molecule has 0 aliphatic heterocycles. The van der Waals surface area contributed by atoms with Gasteiger partial charge in [-0.1, -0.05) is 44.7 Å². The van der Waals surface area contributed by atoms with Gasteiger partial charge in [0.25, 0.3) is 5.91 Å². The van der Waals surface area contributed by atoms with E-state index < -0.39 is 0 Å². The van der Waals surface area contributed by atoms with Crippen molar-refractivity contribution < 1.29 is 14.6 Å². The molecule has 1 amide bonds. The number of rotatable bonds is 4. The number of aliphatic hydroxyl groups is 1. The van der Waals surface area contributed by atoms with E-state index in [1.54, 1.807) is 14.0 Å². The minimum absolute atomic E-state index is 0.0700. The second-order valence-electron chi connectivity index (χ2n) is 3.32. The summed E-state index contributed by atoms with van der Waals surface area (Å²) in [5.41, 5.74) is 0. The number of benzene rings is 1. The fourth-order valence-electron chi connectivity index (χ4n) is 0.908. The van der Waals surface area contributed by atoms with E-state index in [0.29, 0.717) is 11.5 Å². The summed E-state index contributed by atoms with van der Waals surface area (Å²) in [5.74, 6) is 0.880. The highest BCUT2D eigenvalue weighted by Crippen LogP contribution is 2.07. The van der Waals surface area contributed by atoms with Gasteiger partial charge in [0.2, 0.25) is 0 Å². The van der Waals surface area contributed by atoms with E-state index in [1.807, 2.05) is 44.2 Å². The number of allylic oxidation sites excluding steroid dienone is 3. The lowest BCUT2D eigenvalue weighted by Crippen LogP contribution is -2.24. The number of nitrogens with one attached hydrogen (secondary N) is 1. The molecule has 0 heterocycles. The number of hydrogen-bond donors (Lipinski definition) is 2. The highest BCUT2D eigenvalue weighted by molar-refractivity contribution is 5.77. The zero-order valence-electron chi connectivity index (χ0n) is 12.7. The van der Waals surface area contributed by atoms with Crippen molar-refractivity contribution in [3.8, 4) is 5.75 Å². The van der Waals surface area contributed by atoms with E-state index in [2.05, 4.69) is 11.9 Å². The Hall–Kier alpha value is -2.23. The molecule has 0 aromatic heterocycles. The molecule has 0 atom stereocenters. The average Bonchev–Trinajstić information content (AvgIpc) is 2.48. The van der Waals surface area contributed by atoms with E-state index in [9.17, 15) is 4.79 Å². The highest BCUT2D eigenvalue weighted by Gasteiger charge is 1.97. The Labute approximate surface area is 121 Å². The molecule has 0 aliphatic rings. The number of hydrogen-bond acceptors (Lipinski definition) is 3. The summed E-state index contributed by atoms with van der Waals surface area (Å²) < 4.78 is 5.15. The van der Waals surface area contributed by atoms with Gasteiger partial charge in [0.05, 0.1) is 5.76 Å². The van der Waals surface area contributed by atoms with Gasteiger partial charge < -0.3 is 15.2 Å². The summed E-state index contributed by atoms with van der Waals surface area (Å²) in [6.07, 6.45) is 3.06. The fraction of sp³-hybridized carbons (Fsp3) is 0.312. The molecule has 1 aromatic rings. The minimum atomic E-state index is -0.126. The molecule has 0 spiro atoms. The minimum Gasteiger partial charge on any atom is -0.513 e. The largest absolute Gasteiger partial charge is 0.513 e. The quantitative estimate of drug-likeness (QED) is 0.655. The van der Waals surface area contributed by atoms with Gasteiger partial charge in [0, 0.05) is 7.05 Å². The molecule has 0 saturated heterocycles. The number of aliphatic hydroxyl groups excluding tert-OH is 1. The van der Waals surface area contributed by atoms with Crippen molar-refractivity contribution in [2.45, 2.75) is 20.8 Å². The molecule has 4 heteroatoms. The maximum Gasteiger partial charge on any atom is 0.257 e. The van der Waals surface area contributed by atoms with Crippen LogP contribution in [0.3, 0.4) is 0 Å². The first kappa shape index (κ1) is 20.1. The van der Waals surface area contributed by atoms with Gasteiger partial charge in [-0.05, 0) is 25.1 Å². The van der Waals surface area contributed by atoms with Crippen LogP contribution in [-0.4, -0.2) is 24.7 Å². The maximum atomic E-state index is 10.7. The smallest absolute Gasteiger partial charge is 0.257 e. The van der Waals surface area contributed by atoms with Crippen molar-refractivity contribution in [1.29, 1.82) is 0 Å². The van der Waals surface area contributed by atoms with Crippen molar-refractivity contribution >= 4 is 5.91 Å². The molecular weight excluding hydrogens is 254 g/mol. The Morgan fingerprint density at radius 1 is 1.35 bits per heavy atom. The van der Waals surface area contributed by atoms with Gasteiger partial charge in [0.15, 0.2) is 6.61 Å². The van der Waals surface area contributed by atoms with Gasteiger partial charge >= 0.3 is 0 Å². The normalized spacial score (nSPS) is 9.10. The number of amides is 1. The Morgan fingerprint density at radius 3 is 2.25 bits per heavy atom. The number of likely N-dealkylation sites (N-methyl/N-ethyl adjacent to an activating group) is 1. The topological polar surface area (TPSA) is 58.6 Å². The summed E-state index contributed by atoms with van der Waals surface area (Å²) in [7, 11) is 1.58. The summed E-state index contributed by atoms with van der Waals surface area (Å²) in [5, 5.41) is 10.8. The van der Waals surface area contributed by atoms with Gasteiger partial charge in [-0.2, -0.15) is 0 Å². The van der Waals surface area contributed by atoms with Crippen LogP contribution in [-0.2, 0) is 4.79 Å². The first-order valence-corrected chi connectivity index (χ1v) is 6.47. The lowest BCUT2D eigenvalue weighted by molar-refractivity contribution is -0.122. The van der Waals surface area contributed by atoms with Crippen LogP contribution in [0.4, 0.5) is 0 Å². The summed E-state index contributed by atoms with van der Waals surface area (Å²) in [4.78, 5) is 10.7. The zero-order chi connectivity index (χ0) is 15.8. The Kier molecular flexibility index (Phi) is 14.9. The molecule has 0 fully saturated rings. The molecular formula is C16H25NO3. The van der Waals surface area contributed by atoms with Gasteiger partial charge in [-0.15, -0.1) is 0 Å². The third-order valence-electron chi connectivity index (χ3n) is 1.75. The predicted molar refractivity (Wildman–Crippen MR) is 83.9 cm³/mol. The third-order valence-corrected chi connectivity index (χ3v) is 1.75. The van der Waals surface area contributed by atoms with Crippen LogP contribution in [0.15, 0.2) is 54.8 Å². The lowest BCUT2D eigenvalue weighted by atomic mass is 10.3. The second kappa shape index (κ2) is 14.8. The molecule has 20 heavy (non-hydrogen) atoms. The van der Waals surface area contributed by atoms with Crippen molar-refractivity contribution in [1.82, 2.24) is 5.32 Å². The van der Waals surface area contributed by atoms with Crippen LogP contribution >= 0.6 is 0 Å². The lowest BCUT2D eigenvalue weighted by Gasteiger charge is -2.03. The van der Waals surface area contributed by atoms with Crippen LogP contribution in [0.1, 0.15) is 20.8 Å². The van der Waals surface area contributed by atoms with Gasteiger partial charge in [0.1, 0.15) is 5.75 Å².